The van der Waals surface area contributed by atoms with Crippen molar-refractivity contribution in [3.05, 3.63) is 0 Å². The van der Waals surface area contributed by atoms with Gasteiger partial charge in [-0.3, -0.25) is 0 Å². The Hall–Kier alpha value is -1.24. The zero-order valence-electron chi connectivity index (χ0n) is 13.0. The SMILES string of the molecule is CC1CC(C)(C)CCC1(C#N)NC(=O)OC(C)(C)C. The average molecular weight is 266 g/mol. The van der Waals surface area contributed by atoms with Crippen LogP contribution in [0.4, 0.5) is 4.79 Å². The summed E-state index contributed by atoms with van der Waals surface area (Å²) < 4.78 is 5.27. The van der Waals surface area contributed by atoms with Crippen LogP contribution in [-0.2, 0) is 4.74 Å². The van der Waals surface area contributed by atoms with Gasteiger partial charge in [0.05, 0.1) is 6.07 Å². The first kappa shape index (κ1) is 15.8. The van der Waals surface area contributed by atoms with Gasteiger partial charge in [-0.15, -0.1) is 0 Å². The van der Waals surface area contributed by atoms with E-state index in [1.165, 1.54) is 0 Å². The van der Waals surface area contributed by atoms with Crippen LogP contribution in [0.3, 0.4) is 0 Å². The highest BCUT2D eigenvalue weighted by Gasteiger charge is 2.45. The summed E-state index contributed by atoms with van der Waals surface area (Å²) in [5, 5.41) is 12.3. The molecule has 1 aliphatic carbocycles. The molecule has 19 heavy (non-hydrogen) atoms. The molecule has 1 rings (SSSR count). The van der Waals surface area contributed by atoms with E-state index in [9.17, 15) is 10.1 Å². The molecular weight excluding hydrogens is 240 g/mol. The largest absolute Gasteiger partial charge is 0.444 e. The fourth-order valence-corrected chi connectivity index (χ4v) is 2.75. The summed E-state index contributed by atoms with van der Waals surface area (Å²) in [6, 6.07) is 2.31. The highest BCUT2D eigenvalue weighted by molar-refractivity contribution is 5.69. The molecule has 0 aromatic rings. The lowest BCUT2D eigenvalue weighted by atomic mass is 9.64. The van der Waals surface area contributed by atoms with Gasteiger partial charge in [0.25, 0.3) is 0 Å². The van der Waals surface area contributed by atoms with Gasteiger partial charge in [-0.05, 0) is 51.4 Å². The quantitative estimate of drug-likeness (QED) is 0.788. The topological polar surface area (TPSA) is 62.1 Å². The molecule has 4 heteroatoms. The summed E-state index contributed by atoms with van der Waals surface area (Å²) in [5.41, 5.74) is -1.11. The molecule has 0 spiro atoms. The van der Waals surface area contributed by atoms with Gasteiger partial charge in [0.15, 0.2) is 0 Å². The molecule has 0 bridgehead atoms. The molecule has 0 saturated heterocycles. The number of ether oxygens (including phenoxy) is 1. The van der Waals surface area contributed by atoms with Gasteiger partial charge < -0.3 is 10.1 Å². The summed E-state index contributed by atoms with van der Waals surface area (Å²) in [6.45, 7) is 11.9. The molecule has 2 atom stereocenters. The minimum Gasteiger partial charge on any atom is -0.444 e. The summed E-state index contributed by atoms with van der Waals surface area (Å²) >= 11 is 0. The predicted molar refractivity (Wildman–Crippen MR) is 74.5 cm³/mol. The van der Waals surface area contributed by atoms with Crippen molar-refractivity contribution < 1.29 is 9.53 Å². The van der Waals surface area contributed by atoms with Crippen LogP contribution in [0.2, 0.25) is 0 Å². The van der Waals surface area contributed by atoms with Crippen LogP contribution < -0.4 is 5.32 Å². The van der Waals surface area contributed by atoms with E-state index in [1.54, 1.807) is 0 Å². The Balaban J connectivity index is 2.78. The highest BCUT2D eigenvalue weighted by Crippen LogP contribution is 2.43. The molecule has 1 fully saturated rings. The van der Waals surface area contributed by atoms with Crippen molar-refractivity contribution in [2.75, 3.05) is 0 Å². The van der Waals surface area contributed by atoms with Crippen molar-refractivity contribution in [1.82, 2.24) is 5.32 Å². The van der Waals surface area contributed by atoms with E-state index in [0.29, 0.717) is 6.42 Å². The molecule has 0 heterocycles. The maximum Gasteiger partial charge on any atom is 0.408 e. The van der Waals surface area contributed by atoms with Crippen LogP contribution in [0.25, 0.3) is 0 Å². The molecule has 0 aliphatic heterocycles. The number of rotatable bonds is 1. The maximum absolute atomic E-state index is 11.9. The van der Waals surface area contributed by atoms with E-state index in [1.807, 2.05) is 27.7 Å². The van der Waals surface area contributed by atoms with Crippen molar-refractivity contribution in [1.29, 1.82) is 5.26 Å². The van der Waals surface area contributed by atoms with E-state index in [2.05, 4.69) is 25.2 Å². The molecule has 108 valence electrons. The normalized spacial score (nSPS) is 30.3. The fourth-order valence-electron chi connectivity index (χ4n) is 2.75. The second-order valence-corrected chi connectivity index (χ2v) is 7.48. The Kier molecular flexibility index (Phi) is 4.19. The van der Waals surface area contributed by atoms with Crippen LogP contribution in [0.5, 0.6) is 0 Å². The number of hydrogen-bond acceptors (Lipinski definition) is 3. The van der Waals surface area contributed by atoms with E-state index in [4.69, 9.17) is 4.74 Å². The van der Waals surface area contributed by atoms with Gasteiger partial charge in [-0.25, -0.2) is 4.79 Å². The van der Waals surface area contributed by atoms with Crippen LogP contribution >= 0.6 is 0 Å². The number of amides is 1. The first-order chi connectivity index (χ1) is 8.50. The molecular formula is C15H26N2O2. The van der Waals surface area contributed by atoms with Gasteiger partial charge in [0.1, 0.15) is 11.1 Å². The maximum atomic E-state index is 11.9. The Morgan fingerprint density at radius 1 is 1.37 bits per heavy atom. The number of nitriles is 1. The second kappa shape index (κ2) is 5.03. The minimum absolute atomic E-state index is 0.119. The van der Waals surface area contributed by atoms with Crippen molar-refractivity contribution in [3.63, 3.8) is 0 Å². The summed E-state index contributed by atoms with van der Waals surface area (Å²) in [6.07, 6.45) is 2.04. The monoisotopic (exact) mass is 266 g/mol. The zero-order valence-corrected chi connectivity index (χ0v) is 13.0. The van der Waals surface area contributed by atoms with Crippen LogP contribution in [0.1, 0.15) is 60.8 Å². The third-order valence-corrected chi connectivity index (χ3v) is 3.82. The molecule has 0 aromatic carbocycles. The lowest BCUT2D eigenvalue weighted by Gasteiger charge is -2.44. The molecule has 0 aromatic heterocycles. The average Bonchev–Trinajstić information content (AvgIpc) is 2.19. The zero-order chi connectivity index (χ0) is 14.9. The first-order valence-corrected chi connectivity index (χ1v) is 6.92. The molecule has 0 radical (unpaired) electrons. The molecule has 1 N–H and O–H groups in total. The smallest absolute Gasteiger partial charge is 0.408 e. The number of alkyl carbamates (subject to hydrolysis) is 1. The Morgan fingerprint density at radius 2 is 1.95 bits per heavy atom. The minimum atomic E-state index is -0.794. The van der Waals surface area contributed by atoms with Crippen molar-refractivity contribution in [3.8, 4) is 6.07 Å². The number of nitrogens with zero attached hydrogens (tertiary/aromatic N) is 1. The van der Waals surface area contributed by atoms with Gasteiger partial charge in [-0.1, -0.05) is 20.8 Å². The van der Waals surface area contributed by atoms with Crippen LogP contribution in [0.15, 0.2) is 0 Å². The number of carbonyl (C=O) groups excluding carboxylic acids is 1. The van der Waals surface area contributed by atoms with Crippen LogP contribution in [-0.4, -0.2) is 17.2 Å². The van der Waals surface area contributed by atoms with Gasteiger partial charge in [-0.2, -0.15) is 5.26 Å². The lowest BCUT2D eigenvalue weighted by Crippen LogP contribution is -2.56. The first-order valence-electron chi connectivity index (χ1n) is 6.92. The lowest BCUT2D eigenvalue weighted by molar-refractivity contribution is 0.0358. The van der Waals surface area contributed by atoms with Gasteiger partial charge in [0.2, 0.25) is 0 Å². The molecule has 1 amide bonds. The highest BCUT2D eigenvalue weighted by atomic mass is 16.6. The molecule has 1 saturated carbocycles. The van der Waals surface area contributed by atoms with Gasteiger partial charge >= 0.3 is 6.09 Å². The number of carbonyl (C=O) groups is 1. The van der Waals surface area contributed by atoms with E-state index >= 15 is 0 Å². The molecule has 1 aliphatic rings. The molecule has 4 nitrogen and oxygen atoms in total. The summed E-state index contributed by atoms with van der Waals surface area (Å²) in [5.74, 6) is 0.119. The fraction of sp³-hybridized carbons (Fsp3) is 0.867. The standard InChI is InChI=1S/C15H26N2O2/c1-11-9-14(5,6)7-8-15(11,10-16)17-12(18)19-13(2,3)4/h11H,7-9H2,1-6H3,(H,17,18). The Labute approximate surface area is 116 Å². The van der Waals surface area contributed by atoms with Crippen LogP contribution in [0, 0.1) is 22.7 Å². The Morgan fingerprint density at radius 3 is 2.37 bits per heavy atom. The number of nitrogens with one attached hydrogen (secondary N) is 1. The number of hydrogen-bond donors (Lipinski definition) is 1. The third-order valence-electron chi connectivity index (χ3n) is 3.82. The summed E-state index contributed by atoms with van der Waals surface area (Å²) in [4.78, 5) is 11.9. The third kappa shape index (κ3) is 4.12. The Bertz CT molecular complexity index is 390. The second-order valence-electron chi connectivity index (χ2n) is 7.48. The van der Waals surface area contributed by atoms with E-state index in [-0.39, 0.29) is 11.3 Å². The van der Waals surface area contributed by atoms with Crippen molar-refractivity contribution >= 4 is 6.09 Å². The van der Waals surface area contributed by atoms with E-state index < -0.39 is 17.2 Å². The van der Waals surface area contributed by atoms with Crippen molar-refractivity contribution in [2.24, 2.45) is 11.3 Å². The summed E-state index contributed by atoms with van der Waals surface area (Å²) in [7, 11) is 0. The molecule has 2 unspecified atom stereocenters. The predicted octanol–water partition coefficient (Wildman–Crippen LogP) is 3.62. The van der Waals surface area contributed by atoms with E-state index in [0.717, 1.165) is 12.8 Å². The van der Waals surface area contributed by atoms with Gasteiger partial charge in [0, 0.05) is 0 Å². The van der Waals surface area contributed by atoms with Crippen molar-refractivity contribution in [2.45, 2.75) is 71.9 Å².